The maximum Gasteiger partial charge on any atom is 0.303 e. The molecule has 25 heavy (non-hydrogen) atoms. The molecular weight excluding hydrogens is 312 g/mol. The Morgan fingerprint density at radius 1 is 0.520 bits per heavy atom. The van der Waals surface area contributed by atoms with Crippen molar-refractivity contribution in [1.82, 2.24) is 0 Å². The topological polar surface area (TPSA) is 54.4 Å². The molecule has 0 aromatic rings. The van der Waals surface area contributed by atoms with Gasteiger partial charge in [-0.15, -0.1) is 0 Å². The molecule has 0 aliphatic carbocycles. The van der Waals surface area contributed by atoms with Crippen molar-refractivity contribution in [2.24, 2.45) is 0 Å². The zero-order chi connectivity index (χ0) is 18.6. The summed E-state index contributed by atoms with van der Waals surface area (Å²) in [5.41, 5.74) is 0. The van der Waals surface area contributed by atoms with Crippen molar-refractivity contribution in [3.63, 3.8) is 0 Å². The summed E-state index contributed by atoms with van der Waals surface area (Å²) >= 11 is 0. The van der Waals surface area contributed by atoms with E-state index in [-0.39, 0.29) is 6.42 Å². The van der Waals surface area contributed by atoms with Gasteiger partial charge in [-0.2, -0.15) is 0 Å². The van der Waals surface area contributed by atoms with Crippen LogP contribution < -0.4 is 0 Å². The number of carboxylic acids is 1. The second-order valence-electron chi connectivity index (χ2n) is 7.49. The molecule has 0 saturated heterocycles. The van der Waals surface area contributed by atoms with E-state index in [0.29, 0.717) is 25.0 Å². The second kappa shape index (κ2) is 19.5. The van der Waals surface area contributed by atoms with Crippen molar-refractivity contribution in [3.8, 4) is 0 Å². The second-order valence-corrected chi connectivity index (χ2v) is 7.49. The number of carbonyl (C=O) groups excluding carboxylic acids is 1. The Hall–Kier alpha value is -0.860. The maximum absolute atomic E-state index is 11.7. The summed E-state index contributed by atoms with van der Waals surface area (Å²) in [6, 6.07) is 0. The summed E-state index contributed by atoms with van der Waals surface area (Å²) in [6.07, 6.45) is 21.4. The number of carbonyl (C=O) groups is 2. The van der Waals surface area contributed by atoms with Crippen LogP contribution in [0.25, 0.3) is 0 Å². The van der Waals surface area contributed by atoms with Gasteiger partial charge in [-0.25, -0.2) is 0 Å². The van der Waals surface area contributed by atoms with Gasteiger partial charge in [0, 0.05) is 19.3 Å². The van der Waals surface area contributed by atoms with Crippen LogP contribution in [0.1, 0.15) is 129 Å². The molecule has 0 aliphatic heterocycles. The maximum atomic E-state index is 11.7. The molecule has 148 valence electrons. The predicted molar refractivity (Wildman–Crippen MR) is 106 cm³/mol. The van der Waals surface area contributed by atoms with Crippen LogP contribution in [-0.2, 0) is 9.59 Å². The van der Waals surface area contributed by atoms with Gasteiger partial charge in [0.25, 0.3) is 0 Å². The van der Waals surface area contributed by atoms with Crippen LogP contribution in [-0.4, -0.2) is 16.9 Å². The number of hydrogen-bond acceptors (Lipinski definition) is 2. The van der Waals surface area contributed by atoms with Gasteiger partial charge in [0.15, 0.2) is 0 Å². The van der Waals surface area contributed by atoms with Crippen LogP contribution in [0.3, 0.4) is 0 Å². The third kappa shape index (κ3) is 21.1. The lowest BCUT2D eigenvalue weighted by atomic mass is 10.0. The molecule has 1 N–H and O–H groups in total. The summed E-state index contributed by atoms with van der Waals surface area (Å²) in [5, 5.41) is 8.54. The van der Waals surface area contributed by atoms with Crippen LogP contribution in [0.5, 0.6) is 0 Å². The number of unbranched alkanes of at least 4 members (excludes halogenated alkanes) is 14. The molecule has 0 aromatic heterocycles. The SMILES string of the molecule is CCCCCCCCCCCCCCCCC(=O)CCCCC(=O)O. The fourth-order valence-electron chi connectivity index (χ4n) is 3.24. The first kappa shape index (κ1) is 24.1. The Morgan fingerprint density at radius 2 is 0.840 bits per heavy atom. The normalized spacial score (nSPS) is 10.9. The summed E-state index contributed by atoms with van der Waals surface area (Å²) in [6.45, 7) is 2.27. The van der Waals surface area contributed by atoms with Gasteiger partial charge in [0.1, 0.15) is 5.78 Å². The molecule has 0 bridgehead atoms. The van der Waals surface area contributed by atoms with Gasteiger partial charge < -0.3 is 5.11 Å². The molecule has 0 atom stereocenters. The van der Waals surface area contributed by atoms with Crippen LogP contribution in [0.4, 0.5) is 0 Å². The highest BCUT2D eigenvalue weighted by atomic mass is 16.4. The molecule has 0 fully saturated rings. The fourth-order valence-corrected chi connectivity index (χ4v) is 3.24. The fraction of sp³-hybridized carbons (Fsp3) is 0.909. The number of Topliss-reactive ketones (excluding diaryl/α,β-unsaturated/α-hetero) is 1. The first-order chi connectivity index (χ1) is 12.2. The summed E-state index contributed by atoms with van der Waals surface area (Å²) < 4.78 is 0. The highest BCUT2D eigenvalue weighted by Gasteiger charge is 2.03. The third-order valence-electron chi connectivity index (χ3n) is 4.91. The Bertz CT molecular complexity index is 312. The monoisotopic (exact) mass is 354 g/mol. The minimum atomic E-state index is -0.764. The third-order valence-corrected chi connectivity index (χ3v) is 4.91. The Kier molecular flexibility index (Phi) is 18.8. The van der Waals surface area contributed by atoms with Gasteiger partial charge in [-0.3, -0.25) is 9.59 Å². The lowest BCUT2D eigenvalue weighted by Crippen LogP contribution is -1.99. The van der Waals surface area contributed by atoms with Crippen LogP contribution in [0.15, 0.2) is 0 Å². The number of aliphatic carboxylic acids is 1. The smallest absolute Gasteiger partial charge is 0.303 e. The Labute approximate surface area is 156 Å². The molecular formula is C22H42O3. The average Bonchev–Trinajstić information content (AvgIpc) is 2.59. The van der Waals surface area contributed by atoms with E-state index in [2.05, 4.69) is 6.92 Å². The summed E-state index contributed by atoms with van der Waals surface area (Å²) in [4.78, 5) is 22.0. The van der Waals surface area contributed by atoms with E-state index in [1.54, 1.807) is 0 Å². The minimum absolute atomic E-state index is 0.187. The standard InChI is InChI=1S/C22H42O3/c1-2-3-4-5-6-7-8-9-10-11-12-13-14-15-18-21(23)19-16-17-20-22(24)25/h2-20H2,1H3,(H,24,25). The minimum Gasteiger partial charge on any atom is -0.481 e. The predicted octanol–water partition coefficient (Wildman–Crippen LogP) is 7.07. The molecule has 0 aliphatic rings. The number of hydrogen-bond donors (Lipinski definition) is 1. The largest absolute Gasteiger partial charge is 0.481 e. The molecule has 3 heteroatoms. The van der Waals surface area contributed by atoms with E-state index in [4.69, 9.17) is 5.11 Å². The van der Waals surface area contributed by atoms with Crippen molar-refractivity contribution in [3.05, 3.63) is 0 Å². The molecule has 0 amide bonds. The number of ketones is 1. The van der Waals surface area contributed by atoms with E-state index < -0.39 is 5.97 Å². The number of carboxylic acid groups (broad SMARTS) is 1. The van der Waals surface area contributed by atoms with Crippen molar-refractivity contribution in [1.29, 1.82) is 0 Å². The Balaban J connectivity index is 3.13. The van der Waals surface area contributed by atoms with Crippen molar-refractivity contribution < 1.29 is 14.7 Å². The van der Waals surface area contributed by atoms with Gasteiger partial charge >= 0.3 is 5.97 Å². The zero-order valence-electron chi connectivity index (χ0n) is 16.7. The number of rotatable bonds is 20. The van der Waals surface area contributed by atoms with Crippen LogP contribution in [0.2, 0.25) is 0 Å². The summed E-state index contributed by atoms with van der Waals surface area (Å²) in [7, 11) is 0. The molecule has 0 spiro atoms. The molecule has 0 radical (unpaired) electrons. The van der Waals surface area contributed by atoms with Gasteiger partial charge in [-0.05, 0) is 19.3 Å². The highest BCUT2D eigenvalue weighted by molar-refractivity contribution is 5.78. The van der Waals surface area contributed by atoms with Crippen LogP contribution in [0, 0.1) is 0 Å². The van der Waals surface area contributed by atoms with Crippen molar-refractivity contribution >= 4 is 11.8 Å². The highest BCUT2D eigenvalue weighted by Crippen LogP contribution is 2.14. The lowest BCUT2D eigenvalue weighted by molar-refractivity contribution is -0.137. The first-order valence-corrected chi connectivity index (χ1v) is 10.9. The molecule has 0 rings (SSSR count). The first-order valence-electron chi connectivity index (χ1n) is 10.9. The quantitative estimate of drug-likeness (QED) is 0.238. The molecule has 0 heterocycles. The van der Waals surface area contributed by atoms with Gasteiger partial charge in [0.05, 0.1) is 0 Å². The van der Waals surface area contributed by atoms with E-state index in [1.807, 2.05) is 0 Å². The molecule has 3 nitrogen and oxygen atoms in total. The van der Waals surface area contributed by atoms with Gasteiger partial charge in [0.2, 0.25) is 0 Å². The molecule has 0 saturated carbocycles. The van der Waals surface area contributed by atoms with E-state index in [9.17, 15) is 9.59 Å². The summed E-state index contributed by atoms with van der Waals surface area (Å²) in [5.74, 6) is -0.455. The molecule has 0 aromatic carbocycles. The molecule has 0 unspecified atom stereocenters. The van der Waals surface area contributed by atoms with E-state index >= 15 is 0 Å². The Morgan fingerprint density at radius 3 is 1.24 bits per heavy atom. The average molecular weight is 355 g/mol. The zero-order valence-corrected chi connectivity index (χ0v) is 16.7. The van der Waals surface area contributed by atoms with E-state index in [1.165, 1.54) is 77.0 Å². The van der Waals surface area contributed by atoms with Crippen LogP contribution >= 0.6 is 0 Å². The lowest BCUT2D eigenvalue weighted by Gasteiger charge is -2.03. The van der Waals surface area contributed by atoms with Crippen molar-refractivity contribution in [2.45, 2.75) is 129 Å². The van der Waals surface area contributed by atoms with Gasteiger partial charge in [-0.1, -0.05) is 90.4 Å². The van der Waals surface area contributed by atoms with E-state index in [0.717, 1.165) is 19.3 Å². The van der Waals surface area contributed by atoms with Crippen molar-refractivity contribution in [2.75, 3.05) is 0 Å².